The number of aromatic carboxylic acids is 1. The number of nitrogen functional groups attached to an aromatic ring is 1. The number of nitrogens with zero attached hydrogens (tertiary/aromatic N) is 12. The van der Waals surface area contributed by atoms with Crippen LogP contribution in [0.4, 0.5) is 11.6 Å². The number of carboxylic acids is 1. The maximum absolute atomic E-state index is 12.9. The van der Waals surface area contributed by atoms with Gasteiger partial charge in [-0.2, -0.15) is 9.73 Å². The first-order chi connectivity index (χ1) is 32.2. The SMILES string of the molecule is CC(C)n1cnnc1-c1cccc(N)n1.COc1nn(Cc2ccccc2)cc1C(=O)Nc1cccc(-c2nncn2C(C)C)n1.COc1nn(Cc2ccccc2)cc1C(=O)O.[3H]P([3H])[3H]. The summed E-state index contributed by atoms with van der Waals surface area (Å²) in [6.45, 7) is 9.27. The van der Waals surface area contributed by atoms with Crippen LogP contribution in [0.2, 0.25) is 0 Å². The molecule has 0 aliphatic carbocycles. The zero-order chi connectivity index (χ0) is 48.5. The van der Waals surface area contributed by atoms with E-state index in [0.717, 1.165) is 22.6 Å². The van der Waals surface area contributed by atoms with Crippen LogP contribution in [0.1, 0.15) is 71.6 Å². The first-order valence-corrected chi connectivity index (χ1v) is 19.8. The van der Waals surface area contributed by atoms with Gasteiger partial charge >= 0.3 is 5.97 Å². The minimum Gasteiger partial charge on any atom is -0.479 e. The van der Waals surface area contributed by atoms with Crippen LogP contribution in [-0.2, 0) is 13.1 Å². The Morgan fingerprint density at radius 3 is 1.62 bits per heavy atom. The number of benzene rings is 2. The molecule has 0 unspecified atom stereocenters. The molecule has 0 saturated carbocycles. The van der Waals surface area contributed by atoms with E-state index in [-0.39, 0.29) is 29.3 Å². The number of methoxy groups -OCH3 is 2. The summed E-state index contributed by atoms with van der Waals surface area (Å²) < 4.78 is 35.3. The summed E-state index contributed by atoms with van der Waals surface area (Å²) in [4.78, 5) is 32.6. The Labute approximate surface area is 376 Å². The maximum atomic E-state index is 12.9. The number of hydrogen-bond acceptors (Lipinski definition) is 13. The lowest BCUT2D eigenvalue weighted by atomic mass is 10.2. The van der Waals surface area contributed by atoms with E-state index < -0.39 is 15.7 Å². The summed E-state index contributed by atoms with van der Waals surface area (Å²) in [5.41, 5.74) is 9.52. The summed E-state index contributed by atoms with van der Waals surface area (Å²) in [5.74, 6) is 1.27. The lowest BCUT2D eigenvalue weighted by Gasteiger charge is -2.10. The number of anilines is 2. The Hall–Kier alpha value is -7.79. The van der Waals surface area contributed by atoms with Gasteiger partial charge in [0.2, 0.25) is 11.8 Å². The van der Waals surface area contributed by atoms with Crippen LogP contribution < -0.4 is 20.5 Å². The summed E-state index contributed by atoms with van der Waals surface area (Å²) in [5, 5.41) is 36.3. The van der Waals surface area contributed by atoms with E-state index in [9.17, 15) is 9.59 Å². The predicted octanol–water partition coefficient (Wildman–Crippen LogP) is 6.63. The van der Waals surface area contributed by atoms with E-state index in [4.69, 9.17) is 24.1 Å². The van der Waals surface area contributed by atoms with Crippen molar-refractivity contribution < 1.29 is 24.2 Å². The fourth-order valence-corrected chi connectivity index (χ4v) is 6.11. The highest BCUT2D eigenvalue weighted by Crippen LogP contribution is 2.23. The Morgan fingerprint density at radius 2 is 1.17 bits per heavy atom. The number of carbonyl (C=O) groups excluding carboxylic acids is 1. The van der Waals surface area contributed by atoms with Crippen LogP contribution in [0.3, 0.4) is 0 Å². The van der Waals surface area contributed by atoms with Crippen LogP contribution in [0.25, 0.3) is 23.0 Å². The van der Waals surface area contributed by atoms with Gasteiger partial charge in [-0.3, -0.25) is 14.2 Å². The van der Waals surface area contributed by atoms with Crippen molar-refractivity contribution in [1.29, 1.82) is 3.84 Å². The predicted molar refractivity (Wildman–Crippen MR) is 246 cm³/mol. The van der Waals surface area contributed by atoms with E-state index in [1.165, 1.54) is 20.4 Å². The topological polar surface area (TPSA) is 234 Å². The lowest BCUT2D eigenvalue weighted by molar-refractivity contribution is 0.0693. The number of carbonyl (C=O) groups is 2. The number of ether oxygens (including phenoxy) is 2. The van der Waals surface area contributed by atoms with E-state index in [2.05, 4.69) is 59.7 Å². The number of rotatable bonds is 13. The Kier molecular flexibility index (Phi) is 15.0. The minimum absolute atomic E-state index is 0.0726. The van der Waals surface area contributed by atoms with Gasteiger partial charge in [-0.15, -0.1) is 30.6 Å². The molecular formula is C44H51N14O5P. The molecule has 0 saturated heterocycles. The molecular weight excluding hydrogens is 836 g/mol. The number of aromatic nitrogens is 12. The van der Waals surface area contributed by atoms with Crippen LogP contribution in [0, 0.1) is 0 Å². The molecule has 0 fully saturated rings. The van der Waals surface area contributed by atoms with Crippen molar-refractivity contribution >= 4 is 33.2 Å². The molecule has 19 nitrogen and oxygen atoms in total. The Morgan fingerprint density at radius 1 is 0.703 bits per heavy atom. The zero-order valence-electron chi connectivity index (χ0n) is 39.1. The van der Waals surface area contributed by atoms with E-state index >= 15 is 0 Å². The Bertz CT molecular complexity index is 2800. The van der Waals surface area contributed by atoms with Gasteiger partial charge in [0.15, 0.2) is 11.6 Å². The molecule has 8 aromatic rings. The zero-order valence-corrected chi connectivity index (χ0v) is 37.0. The number of nitrogens with two attached hydrogens (primary N) is 1. The quantitative estimate of drug-likeness (QED) is 0.103. The summed E-state index contributed by atoms with van der Waals surface area (Å²) in [6.07, 6.45) is 6.50. The number of carboxylic acid groups (broad SMARTS) is 1. The molecule has 0 aliphatic heterocycles. The molecule has 0 bridgehead atoms. The van der Waals surface area contributed by atoms with Crippen molar-refractivity contribution in [2.75, 3.05) is 25.3 Å². The second-order valence-corrected chi connectivity index (χ2v) is 14.4. The minimum atomic E-state index is -1.87. The highest BCUT2D eigenvalue weighted by molar-refractivity contribution is 6.92. The summed E-state index contributed by atoms with van der Waals surface area (Å²) in [7, 11) is 1.02. The van der Waals surface area contributed by atoms with Crippen LogP contribution in [0.5, 0.6) is 11.8 Å². The third-order valence-electron chi connectivity index (χ3n) is 9.17. The van der Waals surface area contributed by atoms with E-state index in [0.29, 0.717) is 47.8 Å². The lowest BCUT2D eigenvalue weighted by Crippen LogP contribution is -2.14. The third kappa shape index (κ3) is 12.2. The molecule has 2 aromatic carbocycles. The molecule has 6 aromatic heterocycles. The largest absolute Gasteiger partial charge is 0.479 e. The standard InChI is InChI=1S/C22H23N7O2.C12H12N2O3.C10H13N5.H3P/c1-15(2)29-14-23-26-20(29)18-10-7-11-19(24-18)25-21(30)17-13-28(27-22(17)31-3)12-16-8-5-4-6-9-16;1-17-11-10(12(15)16)8-14(13-11)7-9-5-3-2-4-6-9;1-7(2)15-6-12-14-10(15)8-4-3-5-9(11)13-8;/h4-11,13-15H,12H2,1-3H3,(H,24,25,30);2-6,8H,7H2,1H3,(H,15,16);3-7H,1-2H3,(H2,11,13);1H3/i;;;1T3. The number of nitrogens with one attached hydrogen (secondary N) is 1. The number of hydrogen-bond donors (Lipinski definition) is 3. The average molecular weight is 893 g/mol. The van der Waals surface area contributed by atoms with Gasteiger partial charge < -0.3 is 34.8 Å². The number of pyridine rings is 2. The van der Waals surface area contributed by atoms with Gasteiger partial charge in [0.1, 0.15) is 46.8 Å². The Balaban J connectivity index is 0.000000196. The summed E-state index contributed by atoms with van der Waals surface area (Å²) >= 11 is 0. The first kappa shape index (κ1) is 42.9. The average Bonchev–Trinajstić information content (AvgIpc) is 4.14. The molecule has 0 atom stereocenters. The van der Waals surface area contributed by atoms with Crippen LogP contribution in [-0.4, -0.2) is 94.1 Å². The molecule has 0 aliphatic rings. The van der Waals surface area contributed by atoms with Gasteiger partial charge in [-0.25, -0.2) is 14.8 Å². The van der Waals surface area contributed by atoms with E-state index in [1.807, 2.05) is 108 Å². The van der Waals surface area contributed by atoms with E-state index in [1.54, 1.807) is 40.3 Å². The van der Waals surface area contributed by atoms with Gasteiger partial charge in [-0.05, 0) is 63.1 Å². The monoisotopic (exact) mass is 892 g/mol. The van der Waals surface area contributed by atoms with Gasteiger partial charge in [0, 0.05) is 24.5 Å². The second kappa shape index (κ2) is 22.3. The summed E-state index contributed by atoms with van der Waals surface area (Å²) in [6, 6.07) is 30.9. The number of amides is 1. The van der Waals surface area contributed by atoms with Gasteiger partial charge in [-0.1, -0.05) is 72.8 Å². The third-order valence-corrected chi connectivity index (χ3v) is 9.17. The second-order valence-electron chi connectivity index (χ2n) is 14.4. The first-order valence-electron chi connectivity index (χ1n) is 21.1. The van der Waals surface area contributed by atoms with Crippen molar-refractivity contribution in [3.63, 3.8) is 0 Å². The highest BCUT2D eigenvalue weighted by atomic mass is 31.0. The van der Waals surface area contributed by atoms with Gasteiger partial charge in [0.05, 0.1) is 31.1 Å². The molecule has 1 amide bonds. The molecule has 8 rings (SSSR count). The van der Waals surface area contributed by atoms with Crippen molar-refractivity contribution in [2.24, 2.45) is 0 Å². The van der Waals surface area contributed by atoms with Crippen molar-refractivity contribution in [2.45, 2.75) is 52.9 Å². The molecule has 20 heteroatoms. The molecule has 4 N–H and O–H groups in total. The molecule has 0 spiro atoms. The maximum Gasteiger partial charge on any atom is 0.342 e. The van der Waals surface area contributed by atoms with Crippen LogP contribution in [0.15, 0.2) is 122 Å². The highest BCUT2D eigenvalue weighted by Gasteiger charge is 2.20. The molecule has 0 radical (unpaired) electrons. The molecule has 6 heterocycles. The van der Waals surface area contributed by atoms with Crippen LogP contribution >= 0.6 is 9.73 Å². The van der Waals surface area contributed by atoms with Gasteiger partial charge in [0.25, 0.3) is 5.91 Å². The van der Waals surface area contributed by atoms with Crippen molar-refractivity contribution in [1.82, 2.24) is 59.1 Å². The molecule has 332 valence electrons. The van der Waals surface area contributed by atoms with Crippen molar-refractivity contribution in [3.05, 3.63) is 144 Å². The fraction of sp³-hybridized carbons (Fsp3) is 0.227. The normalized spacial score (nSPS) is 11.2. The fourth-order valence-electron chi connectivity index (χ4n) is 6.11. The van der Waals surface area contributed by atoms with Crippen molar-refractivity contribution in [3.8, 4) is 34.8 Å². The smallest absolute Gasteiger partial charge is 0.342 e. The molecule has 64 heavy (non-hydrogen) atoms.